The van der Waals surface area contributed by atoms with Gasteiger partial charge in [-0.15, -0.1) is 0 Å². The maximum atomic E-state index is 9.20. The van der Waals surface area contributed by atoms with Crippen LogP contribution in [-0.4, -0.2) is 28.2 Å². The molecule has 0 heterocycles. The molecule has 0 radical (unpaired) electrons. The highest BCUT2D eigenvalue weighted by molar-refractivity contribution is 5.55. The molecule has 1 rings (SSSR count). The van der Waals surface area contributed by atoms with Crippen LogP contribution in [0.5, 0.6) is 5.75 Å². The highest BCUT2D eigenvalue weighted by Gasteiger charge is 2.00. The second-order valence-corrected chi connectivity index (χ2v) is 2.38. The summed E-state index contributed by atoms with van der Waals surface area (Å²) in [5.41, 5.74) is 0.491. The maximum Gasteiger partial charge on any atom is 0.169 e. The van der Waals surface area contributed by atoms with Crippen LogP contribution in [0.3, 0.4) is 0 Å². The number of aromatic hydroxyl groups is 1. The number of hydrogen-bond donors (Lipinski definition) is 4. The van der Waals surface area contributed by atoms with E-state index in [0.29, 0.717) is 5.69 Å². The highest BCUT2D eigenvalue weighted by atomic mass is 16.5. The predicted molar refractivity (Wildman–Crippen MR) is 44.8 cm³/mol. The standard InChI is InChI=1S/C8H11NO3/c10-7-4-2-1-3-6(7)9-5-8(11)12/h1-4,8-12H,5H2. The van der Waals surface area contributed by atoms with Crippen molar-refractivity contribution in [1.29, 1.82) is 0 Å². The van der Waals surface area contributed by atoms with Crippen molar-refractivity contribution >= 4 is 5.69 Å². The molecule has 0 aromatic heterocycles. The molecule has 4 nitrogen and oxygen atoms in total. The van der Waals surface area contributed by atoms with Gasteiger partial charge in [-0.1, -0.05) is 12.1 Å². The molecule has 1 aromatic carbocycles. The Morgan fingerprint density at radius 2 is 1.92 bits per heavy atom. The minimum Gasteiger partial charge on any atom is -0.506 e. The maximum absolute atomic E-state index is 9.20. The smallest absolute Gasteiger partial charge is 0.169 e. The van der Waals surface area contributed by atoms with E-state index in [0.717, 1.165) is 0 Å². The molecule has 0 aliphatic carbocycles. The number of phenolic OH excluding ortho intramolecular Hbond substituents is 1. The lowest BCUT2D eigenvalue weighted by Crippen LogP contribution is -2.18. The number of anilines is 1. The molecule has 0 aliphatic heterocycles. The first kappa shape index (κ1) is 8.83. The van der Waals surface area contributed by atoms with Crippen LogP contribution in [0.1, 0.15) is 0 Å². The summed E-state index contributed by atoms with van der Waals surface area (Å²) in [5, 5.41) is 28.9. The van der Waals surface area contributed by atoms with Crippen molar-refractivity contribution in [3.63, 3.8) is 0 Å². The van der Waals surface area contributed by atoms with Crippen LogP contribution in [0.4, 0.5) is 5.69 Å². The minimum atomic E-state index is -1.41. The fourth-order valence-corrected chi connectivity index (χ4v) is 0.824. The molecule has 66 valence electrons. The molecule has 0 saturated carbocycles. The molecule has 0 spiro atoms. The summed E-state index contributed by atoms with van der Waals surface area (Å²) in [6, 6.07) is 6.60. The molecule has 12 heavy (non-hydrogen) atoms. The lowest BCUT2D eigenvalue weighted by molar-refractivity contribution is -0.0275. The van der Waals surface area contributed by atoms with Crippen LogP contribution >= 0.6 is 0 Å². The van der Waals surface area contributed by atoms with Gasteiger partial charge in [-0.05, 0) is 12.1 Å². The van der Waals surface area contributed by atoms with Crippen LogP contribution in [0.2, 0.25) is 0 Å². The van der Waals surface area contributed by atoms with Crippen molar-refractivity contribution in [3.8, 4) is 5.75 Å². The van der Waals surface area contributed by atoms with Gasteiger partial charge in [-0.3, -0.25) is 0 Å². The van der Waals surface area contributed by atoms with Crippen LogP contribution in [0.15, 0.2) is 24.3 Å². The third-order valence-electron chi connectivity index (χ3n) is 1.38. The van der Waals surface area contributed by atoms with Gasteiger partial charge in [0, 0.05) is 0 Å². The Balaban J connectivity index is 2.57. The van der Waals surface area contributed by atoms with Crippen molar-refractivity contribution in [3.05, 3.63) is 24.3 Å². The first-order valence-corrected chi connectivity index (χ1v) is 3.58. The van der Waals surface area contributed by atoms with E-state index in [1.54, 1.807) is 18.2 Å². The van der Waals surface area contributed by atoms with E-state index in [1.807, 2.05) is 0 Å². The SMILES string of the molecule is Oc1ccccc1NCC(O)O. The third-order valence-corrected chi connectivity index (χ3v) is 1.38. The van der Waals surface area contributed by atoms with Crippen molar-refractivity contribution in [1.82, 2.24) is 0 Å². The van der Waals surface area contributed by atoms with Gasteiger partial charge >= 0.3 is 0 Å². The van der Waals surface area contributed by atoms with Gasteiger partial charge in [-0.2, -0.15) is 0 Å². The zero-order valence-electron chi connectivity index (χ0n) is 6.44. The Morgan fingerprint density at radius 1 is 1.25 bits per heavy atom. The lowest BCUT2D eigenvalue weighted by atomic mass is 10.3. The highest BCUT2D eigenvalue weighted by Crippen LogP contribution is 2.20. The summed E-state index contributed by atoms with van der Waals surface area (Å²) >= 11 is 0. The van der Waals surface area contributed by atoms with E-state index in [4.69, 9.17) is 10.2 Å². The van der Waals surface area contributed by atoms with Crippen molar-refractivity contribution in [2.45, 2.75) is 6.29 Å². The van der Waals surface area contributed by atoms with Crippen LogP contribution in [0.25, 0.3) is 0 Å². The van der Waals surface area contributed by atoms with Gasteiger partial charge < -0.3 is 20.6 Å². The molecule has 0 unspecified atom stereocenters. The Kier molecular flexibility index (Phi) is 2.90. The number of hydrogen-bond acceptors (Lipinski definition) is 4. The normalized spacial score (nSPS) is 10.2. The zero-order valence-corrected chi connectivity index (χ0v) is 6.44. The average Bonchev–Trinajstić information content (AvgIpc) is 2.03. The number of aliphatic hydroxyl groups is 2. The van der Waals surface area contributed by atoms with E-state index >= 15 is 0 Å². The van der Waals surface area contributed by atoms with Gasteiger partial charge in [0.1, 0.15) is 5.75 Å². The van der Waals surface area contributed by atoms with E-state index in [9.17, 15) is 5.11 Å². The molecular formula is C8H11NO3. The summed E-state index contributed by atoms with van der Waals surface area (Å²) in [6.07, 6.45) is -1.41. The average molecular weight is 169 g/mol. The molecule has 4 N–H and O–H groups in total. The summed E-state index contributed by atoms with van der Waals surface area (Å²) in [5.74, 6) is 0.0955. The van der Waals surface area contributed by atoms with Crippen molar-refractivity contribution in [2.24, 2.45) is 0 Å². The predicted octanol–water partition coefficient (Wildman–Crippen LogP) is 0.115. The zero-order chi connectivity index (χ0) is 8.97. The number of rotatable bonds is 3. The molecule has 0 bridgehead atoms. The molecule has 0 atom stereocenters. The number of para-hydroxylation sites is 2. The van der Waals surface area contributed by atoms with Gasteiger partial charge in [0.05, 0.1) is 12.2 Å². The van der Waals surface area contributed by atoms with Gasteiger partial charge in [0.15, 0.2) is 6.29 Å². The number of nitrogens with one attached hydrogen (secondary N) is 1. The summed E-state index contributed by atoms with van der Waals surface area (Å²) in [6.45, 7) is -0.00241. The van der Waals surface area contributed by atoms with Crippen molar-refractivity contribution in [2.75, 3.05) is 11.9 Å². The molecule has 1 aromatic rings. The first-order chi connectivity index (χ1) is 5.70. The van der Waals surface area contributed by atoms with E-state index < -0.39 is 6.29 Å². The van der Waals surface area contributed by atoms with E-state index in [-0.39, 0.29) is 12.3 Å². The van der Waals surface area contributed by atoms with Gasteiger partial charge in [-0.25, -0.2) is 0 Å². The lowest BCUT2D eigenvalue weighted by Gasteiger charge is -2.08. The summed E-state index contributed by atoms with van der Waals surface area (Å²) < 4.78 is 0. The second kappa shape index (κ2) is 3.94. The molecule has 0 saturated heterocycles. The summed E-state index contributed by atoms with van der Waals surface area (Å²) in [4.78, 5) is 0. The topological polar surface area (TPSA) is 72.7 Å². The molecule has 0 fully saturated rings. The number of phenols is 1. The van der Waals surface area contributed by atoms with Crippen LogP contribution < -0.4 is 5.32 Å². The Hall–Kier alpha value is -1.26. The monoisotopic (exact) mass is 169 g/mol. The Labute approximate surface area is 70.1 Å². The molecular weight excluding hydrogens is 158 g/mol. The van der Waals surface area contributed by atoms with Crippen LogP contribution in [0, 0.1) is 0 Å². The third kappa shape index (κ3) is 2.41. The van der Waals surface area contributed by atoms with Crippen LogP contribution in [-0.2, 0) is 0 Å². The second-order valence-electron chi connectivity index (χ2n) is 2.38. The Morgan fingerprint density at radius 3 is 2.50 bits per heavy atom. The van der Waals surface area contributed by atoms with Gasteiger partial charge in [0.2, 0.25) is 0 Å². The first-order valence-electron chi connectivity index (χ1n) is 3.58. The fraction of sp³-hybridized carbons (Fsp3) is 0.250. The number of benzene rings is 1. The molecule has 4 heteroatoms. The van der Waals surface area contributed by atoms with E-state index in [1.165, 1.54) is 6.07 Å². The molecule has 0 amide bonds. The molecule has 0 aliphatic rings. The summed E-state index contributed by atoms with van der Waals surface area (Å²) in [7, 11) is 0. The van der Waals surface area contributed by atoms with Crippen molar-refractivity contribution < 1.29 is 15.3 Å². The minimum absolute atomic E-state index is 0.00241. The quantitative estimate of drug-likeness (QED) is 0.383. The Bertz CT molecular complexity index is 250. The number of aliphatic hydroxyl groups excluding tert-OH is 1. The van der Waals surface area contributed by atoms with Gasteiger partial charge in [0.25, 0.3) is 0 Å². The van der Waals surface area contributed by atoms with E-state index in [2.05, 4.69) is 5.32 Å². The largest absolute Gasteiger partial charge is 0.506 e. The fourth-order valence-electron chi connectivity index (χ4n) is 0.824.